The summed E-state index contributed by atoms with van der Waals surface area (Å²) in [5, 5.41) is 0. The number of nitrogens with two attached hydrogens (primary N) is 1. The lowest BCUT2D eigenvalue weighted by Gasteiger charge is -2.16. The van der Waals surface area contributed by atoms with E-state index >= 15 is 0 Å². The first kappa shape index (κ1) is 19.0. The maximum atomic E-state index is 12.2. The van der Waals surface area contributed by atoms with Gasteiger partial charge in [0, 0.05) is 12.6 Å². The molecule has 0 saturated heterocycles. The zero-order valence-corrected chi connectivity index (χ0v) is 12.0. The van der Waals surface area contributed by atoms with Gasteiger partial charge in [0.15, 0.2) is 0 Å². The van der Waals surface area contributed by atoms with Crippen LogP contribution in [0.25, 0.3) is 0 Å². The smallest absolute Gasteiger partial charge is 0.404 e. The maximum absolute atomic E-state index is 12.2. The SMILES string of the molecule is C[C@@H](CN)NS(=O)(=O)c1ccccc1OC(F)(F)F.Cl. The van der Waals surface area contributed by atoms with Gasteiger partial charge >= 0.3 is 6.36 Å². The molecule has 1 aromatic rings. The van der Waals surface area contributed by atoms with E-state index in [0.29, 0.717) is 0 Å². The highest BCUT2D eigenvalue weighted by Crippen LogP contribution is 2.29. The Morgan fingerprint density at radius 1 is 1.35 bits per heavy atom. The van der Waals surface area contributed by atoms with Gasteiger partial charge in [-0.3, -0.25) is 0 Å². The van der Waals surface area contributed by atoms with Crippen molar-refractivity contribution in [3.05, 3.63) is 24.3 Å². The molecule has 5 nitrogen and oxygen atoms in total. The van der Waals surface area contributed by atoms with E-state index in [0.717, 1.165) is 12.1 Å². The van der Waals surface area contributed by atoms with Gasteiger partial charge in [-0.05, 0) is 19.1 Å². The number of alkyl halides is 3. The van der Waals surface area contributed by atoms with Crippen LogP contribution in [0.2, 0.25) is 0 Å². The van der Waals surface area contributed by atoms with Gasteiger partial charge in [0.05, 0.1) is 0 Å². The minimum atomic E-state index is -4.97. The van der Waals surface area contributed by atoms with Crippen LogP contribution in [0, 0.1) is 0 Å². The molecule has 0 saturated carbocycles. The lowest BCUT2D eigenvalue weighted by Crippen LogP contribution is -2.38. The predicted molar refractivity (Wildman–Crippen MR) is 69.2 cm³/mol. The van der Waals surface area contributed by atoms with E-state index in [1.54, 1.807) is 0 Å². The summed E-state index contributed by atoms with van der Waals surface area (Å²) in [6.45, 7) is 1.51. The second-order valence-electron chi connectivity index (χ2n) is 3.75. The molecule has 0 aromatic heterocycles. The highest BCUT2D eigenvalue weighted by Gasteiger charge is 2.34. The highest BCUT2D eigenvalue weighted by molar-refractivity contribution is 7.89. The Morgan fingerprint density at radius 3 is 2.40 bits per heavy atom. The number of benzene rings is 1. The van der Waals surface area contributed by atoms with Crippen molar-refractivity contribution >= 4 is 22.4 Å². The molecule has 0 fully saturated rings. The molecule has 3 N–H and O–H groups in total. The molecule has 1 rings (SSSR count). The van der Waals surface area contributed by atoms with Gasteiger partial charge in [0.1, 0.15) is 10.6 Å². The minimum Gasteiger partial charge on any atom is -0.404 e. The van der Waals surface area contributed by atoms with Crippen molar-refractivity contribution in [3.8, 4) is 5.75 Å². The molecule has 10 heteroatoms. The Balaban J connectivity index is 0.00000361. The molecule has 0 radical (unpaired) electrons. The fraction of sp³-hybridized carbons (Fsp3) is 0.400. The molecule has 116 valence electrons. The Bertz CT molecular complexity index is 537. The van der Waals surface area contributed by atoms with Crippen LogP contribution in [0.1, 0.15) is 6.92 Å². The number of rotatable bonds is 5. The van der Waals surface area contributed by atoms with Crippen molar-refractivity contribution < 1.29 is 26.3 Å². The lowest BCUT2D eigenvalue weighted by molar-refractivity contribution is -0.275. The van der Waals surface area contributed by atoms with E-state index in [2.05, 4.69) is 9.46 Å². The van der Waals surface area contributed by atoms with Gasteiger partial charge < -0.3 is 10.5 Å². The number of nitrogens with one attached hydrogen (secondary N) is 1. The summed E-state index contributed by atoms with van der Waals surface area (Å²) in [4.78, 5) is -0.590. The van der Waals surface area contributed by atoms with Crippen molar-refractivity contribution in [2.24, 2.45) is 5.73 Å². The normalized spacial score (nSPS) is 13.4. The number of para-hydroxylation sites is 1. The number of sulfonamides is 1. The molecule has 1 aromatic carbocycles. The number of halogens is 4. The van der Waals surface area contributed by atoms with Crippen LogP contribution in [0.15, 0.2) is 29.2 Å². The van der Waals surface area contributed by atoms with E-state index < -0.39 is 33.1 Å². The maximum Gasteiger partial charge on any atom is 0.573 e. The van der Waals surface area contributed by atoms with Gasteiger partial charge in [-0.1, -0.05) is 12.1 Å². The fourth-order valence-electron chi connectivity index (χ4n) is 1.26. The van der Waals surface area contributed by atoms with Crippen LogP contribution in [0.3, 0.4) is 0 Å². The standard InChI is InChI=1S/C10H13F3N2O3S.ClH/c1-7(6-14)15-19(16,17)9-5-3-2-4-8(9)18-10(11,12)13;/h2-5,7,15H,6,14H2,1H3;1H/t7-;/m0./s1. The van der Waals surface area contributed by atoms with Crippen LogP contribution in [-0.2, 0) is 10.0 Å². The summed E-state index contributed by atoms with van der Waals surface area (Å²) in [5.41, 5.74) is 5.26. The first-order valence-electron chi connectivity index (χ1n) is 5.23. The van der Waals surface area contributed by atoms with Crippen molar-refractivity contribution in [3.63, 3.8) is 0 Å². The largest absolute Gasteiger partial charge is 0.573 e. The second kappa shape index (κ2) is 7.11. The minimum absolute atomic E-state index is 0. The van der Waals surface area contributed by atoms with E-state index in [-0.39, 0.29) is 19.0 Å². The number of ether oxygens (including phenoxy) is 1. The van der Waals surface area contributed by atoms with Crippen LogP contribution in [0.5, 0.6) is 5.75 Å². The summed E-state index contributed by atoms with van der Waals surface area (Å²) in [5.74, 6) is -0.785. The molecule has 0 spiro atoms. The van der Waals surface area contributed by atoms with E-state index in [4.69, 9.17) is 5.73 Å². The van der Waals surface area contributed by atoms with Crippen molar-refractivity contribution in [1.29, 1.82) is 0 Å². The molecular weight excluding hydrogens is 321 g/mol. The van der Waals surface area contributed by atoms with Gasteiger partial charge in [-0.25, -0.2) is 13.1 Å². The summed E-state index contributed by atoms with van der Waals surface area (Å²) < 4.78 is 66.2. The number of hydrogen-bond donors (Lipinski definition) is 2. The molecule has 0 aliphatic carbocycles. The van der Waals surface area contributed by atoms with Crippen LogP contribution in [-0.4, -0.2) is 27.4 Å². The van der Waals surface area contributed by atoms with Crippen LogP contribution >= 0.6 is 12.4 Å². The van der Waals surface area contributed by atoms with Crippen LogP contribution in [0.4, 0.5) is 13.2 Å². The van der Waals surface area contributed by atoms with Gasteiger partial charge in [0.2, 0.25) is 10.0 Å². The topological polar surface area (TPSA) is 81.4 Å². The summed E-state index contributed by atoms with van der Waals surface area (Å²) in [6, 6.07) is 3.88. The molecule has 20 heavy (non-hydrogen) atoms. The Morgan fingerprint density at radius 2 is 1.90 bits per heavy atom. The van der Waals surface area contributed by atoms with Gasteiger partial charge in [-0.15, -0.1) is 25.6 Å². The van der Waals surface area contributed by atoms with Crippen molar-refractivity contribution in [2.75, 3.05) is 6.54 Å². The monoisotopic (exact) mass is 334 g/mol. The van der Waals surface area contributed by atoms with Gasteiger partial charge in [-0.2, -0.15) is 0 Å². The van der Waals surface area contributed by atoms with Crippen LogP contribution < -0.4 is 15.2 Å². The van der Waals surface area contributed by atoms with E-state index in [9.17, 15) is 21.6 Å². The molecule has 0 heterocycles. The lowest BCUT2D eigenvalue weighted by atomic mass is 10.3. The van der Waals surface area contributed by atoms with E-state index in [1.807, 2.05) is 0 Å². The third-order valence-corrected chi connectivity index (χ3v) is 3.70. The zero-order valence-electron chi connectivity index (χ0n) is 10.3. The fourth-order valence-corrected chi connectivity index (χ4v) is 2.64. The van der Waals surface area contributed by atoms with E-state index in [1.165, 1.54) is 19.1 Å². The molecule has 1 atom stereocenters. The third-order valence-electron chi connectivity index (χ3n) is 2.07. The predicted octanol–water partition coefficient (Wildman–Crippen LogP) is 1.63. The van der Waals surface area contributed by atoms with Crippen molar-refractivity contribution in [2.45, 2.75) is 24.2 Å². The molecule has 0 aliphatic heterocycles. The highest BCUT2D eigenvalue weighted by atomic mass is 35.5. The summed E-state index contributed by atoms with van der Waals surface area (Å²) >= 11 is 0. The average molecular weight is 335 g/mol. The van der Waals surface area contributed by atoms with Gasteiger partial charge in [0.25, 0.3) is 0 Å². The average Bonchev–Trinajstić information content (AvgIpc) is 2.26. The first-order valence-corrected chi connectivity index (χ1v) is 6.71. The quantitative estimate of drug-likeness (QED) is 0.857. The molecular formula is C10H14ClF3N2O3S. The third kappa shape index (κ3) is 5.53. The summed E-state index contributed by atoms with van der Waals surface area (Å²) in [6.07, 6.45) is -4.97. The summed E-state index contributed by atoms with van der Waals surface area (Å²) in [7, 11) is -4.13. The molecule has 0 amide bonds. The molecule has 0 aliphatic rings. The zero-order chi connectivity index (χ0) is 14.7. The van der Waals surface area contributed by atoms with Crippen molar-refractivity contribution in [1.82, 2.24) is 4.72 Å². The second-order valence-corrected chi connectivity index (χ2v) is 5.43. The Labute approximate surface area is 120 Å². The molecule has 0 unspecified atom stereocenters. The Hall–Kier alpha value is -1.03. The Kier molecular flexibility index (Phi) is 6.75. The molecule has 0 bridgehead atoms. The first-order chi connectivity index (χ1) is 8.65. The number of hydrogen-bond acceptors (Lipinski definition) is 4.